The second kappa shape index (κ2) is 8.47. The number of benzene rings is 2. The molecule has 0 saturated heterocycles. The van der Waals surface area contributed by atoms with Crippen LogP contribution in [0.3, 0.4) is 0 Å². The van der Waals surface area contributed by atoms with E-state index in [0.717, 1.165) is 5.56 Å². The number of hydrogen-bond donors (Lipinski definition) is 0. The number of aromatic nitrogens is 1. The summed E-state index contributed by atoms with van der Waals surface area (Å²) in [7, 11) is 1.56. The van der Waals surface area contributed by atoms with Crippen LogP contribution in [0.5, 0.6) is 5.75 Å². The van der Waals surface area contributed by atoms with Gasteiger partial charge in [0, 0.05) is 18.4 Å². The molecule has 3 aromatic rings. The summed E-state index contributed by atoms with van der Waals surface area (Å²) in [6.07, 6.45) is 0.399. The van der Waals surface area contributed by atoms with Crippen molar-refractivity contribution in [2.45, 2.75) is 25.7 Å². The molecule has 0 fully saturated rings. The predicted molar refractivity (Wildman–Crippen MR) is 103 cm³/mol. The normalized spacial score (nSPS) is 11.8. The third kappa shape index (κ3) is 4.25. The first-order valence-electron chi connectivity index (χ1n) is 8.81. The molecule has 0 radical (unpaired) electrons. The fourth-order valence-corrected chi connectivity index (χ4v) is 3.16. The van der Waals surface area contributed by atoms with Crippen molar-refractivity contribution in [3.05, 3.63) is 87.3 Å². The minimum Gasteiger partial charge on any atom is -0.497 e. The lowest BCUT2D eigenvalue weighted by molar-refractivity contribution is -0.386. The number of carbonyl (C=O) groups is 1. The van der Waals surface area contributed by atoms with Crippen LogP contribution in [-0.4, -0.2) is 23.0 Å². The molecular weight excluding hydrogens is 360 g/mol. The Bertz CT molecular complexity index is 964. The van der Waals surface area contributed by atoms with Gasteiger partial charge >= 0.3 is 5.69 Å². The fourth-order valence-electron chi connectivity index (χ4n) is 3.16. The van der Waals surface area contributed by atoms with E-state index < -0.39 is 4.92 Å². The Labute approximate surface area is 162 Å². The number of nitrogens with zero attached hydrogens (tertiary/aromatic N) is 2. The van der Waals surface area contributed by atoms with Crippen molar-refractivity contribution in [3.63, 3.8) is 0 Å². The van der Waals surface area contributed by atoms with E-state index in [1.165, 1.54) is 6.92 Å². The summed E-state index contributed by atoms with van der Waals surface area (Å²) in [6, 6.07) is 16.3. The fraction of sp³-hybridized carbons (Fsp3) is 0.238. The van der Waals surface area contributed by atoms with Gasteiger partial charge in [0.2, 0.25) is 5.76 Å². The predicted octanol–water partition coefficient (Wildman–Crippen LogP) is 4.50. The molecular formula is C21H20N2O5. The van der Waals surface area contributed by atoms with Crippen LogP contribution in [-0.2, 0) is 6.42 Å². The summed E-state index contributed by atoms with van der Waals surface area (Å²) >= 11 is 0. The van der Waals surface area contributed by atoms with Crippen molar-refractivity contribution >= 4 is 11.5 Å². The van der Waals surface area contributed by atoms with Crippen LogP contribution in [0.15, 0.2) is 59.1 Å². The number of ketones is 1. The highest BCUT2D eigenvalue weighted by atomic mass is 16.6. The molecule has 144 valence electrons. The maximum atomic E-state index is 12.8. The Hall–Kier alpha value is -3.48. The molecule has 0 aliphatic heterocycles. The summed E-state index contributed by atoms with van der Waals surface area (Å²) in [6.45, 7) is 1.53. The molecule has 7 heteroatoms. The van der Waals surface area contributed by atoms with Gasteiger partial charge in [-0.1, -0.05) is 35.5 Å². The zero-order valence-electron chi connectivity index (χ0n) is 15.6. The number of rotatable bonds is 8. The lowest BCUT2D eigenvalue weighted by atomic mass is 9.88. The van der Waals surface area contributed by atoms with E-state index in [1.54, 1.807) is 31.4 Å². The summed E-state index contributed by atoms with van der Waals surface area (Å²) in [5, 5.41) is 15.1. The van der Waals surface area contributed by atoms with E-state index in [1.807, 2.05) is 30.3 Å². The van der Waals surface area contributed by atoms with Crippen molar-refractivity contribution in [3.8, 4) is 5.75 Å². The van der Waals surface area contributed by atoms with E-state index >= 15 is 0 Å². The average molecular weight is 380 g/mol. The highest BCUT2D eigenvalue weighted by molar-refractivity contribution is 5.96. The van der Waals surface area contributed by atoms with Crippen molar-refractivity contribution < 1.29 is 19.0 Å². The molecule has 1 atom stereocenters. The number of aryl methyl sites for hydroxylation is 1. The molecule has 0 saturated carbocycles. The zero-order valence-corrected chi connectivity index (χ0v) is 15.6. The third-order valence-corrected chi connectivity index (χ3v) is 4.63. The van der Waals surface area contributed by atoms with Gasteiger partial charge in [-0.05, 0) is 42.7 Å². The Balaban J connectivity index is 1.87. The first-order chi connectivity index (χ1) is 13.5. The van der Waals surface area contributed by atoms with E-state index in [0.29, 0.717) is 11.3 Å². The second-order valence-electron chi connectivity index (χ2n) is 6.46. The second-order valence-corrected chi connectivity index (χ2v) is 6.46. The molecule has 1 aromatic heterocycles. The van der Waals surface area contributed by atoms with Gasteiger partial charge in [0.15, 0.2) is 11.5 Å². The van der Waals surface area contributed by atoms with Gasteiger partial charge < -0.3 is 9.26 Å². The molecule has 7 nitrogen and oxygen atoms in total. The number of nitro groups is 1. The molecule has 0 aliphatic carbocycles. The van der Waals surface area contributed by atoms with Crippen LogP contribution in [0.1, 0.15) is 39.7 Å². The number of ether oxygens (including phenoxy) is 1. The number of Topliss-reactive ketones (excluding diaryl/α,β-unsaturated/α-hetero) is 1. The molecule has 0 N–H and O–H groups in total. The number of methoxy groups -OCH3 is 1. The van der Waals surface area contributed by atoms with E-state index in [2.05, 4.69) is 5.16 Å². The standard InChI is InChI=1S/C21H20N2O5/c1-14-21(23(25)26)20(28-22-14)13-17(15-6-4-3-5-7-15)12-19(24)16-8-10-18(27-2)11-9-16/h3-11,17H,12-13H2,1-2H3. The third-order valence-electron chi connectivity index (χ3n) is 4.63. The van der Waals surface area contributed by atoms with E-state index in [-0.39, 0.29) is 41.7 Å². The molecule has 1 heterocycles. The minimum atomic E-state index is -0.492. The molecule has 0 spiro atoms. The highest BCUT2D eigenvalue weighted by Gasteiger charge is 2.28. The molecule has 28 heavy (non-hydrogen) atoms. The van der Waals surface area contributed by atoms with Crippen LogP contribution < -0.4 is 4.74 Å². The number of carbonyl (C=O) groups excluding carboxylic acids is 1. The van der Waals surface area contributed by atoms with Crippen molar-refractivity contribution in [2.75, 3.05) is 7.11 Å². The van der Waals surface area contributed by atoms with Gasteiger partial charge in [-0.2, -0.15) is 0 Å². The van der Waals surface area contributed by atoms with Crippen LogP contribution in [0.4, 0.5) is 5.69 Å². The Morgan fingerprint density at radius 3 is 2.46 bits per heavy atom. The van der Waals surface area contributed by atoms with Crippen LogP contribution in [0.25, 0.3) is 0 Å². The molecule has 1 unspecified atom stereocenters. The minimum absolute atomic E-state index is 0.0598. The molecule has 0 aliphatic rings. The van der Waals surface area contributed by atoms with Crippen molar-refractivity contribution in [1.82, 2.24) is 5.16 Å². The van der Waals surface area contributed by atoms with E-state index in [9.17, 15) is 14.9 Å². The molecule has 0 amide bonds. The van der Waals surface area contributed by atoms with Gasteiger partial charge in [0.1, 0.15) is 5.75 Å². The summed E-state index contributed by atoms with van der Waals surface area (Å²) < 4.78 is 10.3. The SMILES string of the molecule is COc1ccc(C(=O)CC(Cc2onc(C)c2[N+](=O)[O-])c2ccccc2)cc1. The number of hydrogen-bond acceptors (Lipinski definition) is 6. The summed E-state index contributed by atoms with van der Waals surface area (Å²) in [5.74, 6) is 0.514. The summed E-state index contributed by atoms with van der Waals surface area (Å²) in [4.78, 5) is 23.7. The first kappa shape index (κ1) is 19.3. The monoisotopic (exact) mass is 380 g/mol. The van der Waals surface area contributed by atoms with Gasteiger partial charge in [-0.25, -0.2) is 0 Å². The molecule has 2 aromatic carbocycles. The smallest absolute Gasteiger partial charge is 0.334 e. The maximum absolute atomic E-state index is 12.8. The summed E-state index contributed by atoms with van der Waals surface area (Å²) in [5.41, 5.74) is 1.57. The maximum Gasteiger partial charge on any atom is 0.334 e. The molecule has 3 rings (SSSR count). The van der Waals surface area contributed by atoms with Gasteiger partial charge in [0.05, 0.1) is 12.0 Å². The van der Waals surface area contributed by atoms with E-state index in [4.69, 9.17) is 9.26 Å². The largest absolute Gasteiger partial charge is 0.497 e. The Kier molecular flexibility index (Phi) is 5.84. The molecule has 0 bridgehead atoms. The topological polar surface area (TPSA) is 95.5 Å². The Morgan fingerprint density at radius 2 is 1.86 bits per heavy atom. The quantitative estimate of drug-likeness (QED) is 0.324. The van der Waals surface area contributed by atoms with Crippen LogP contribution >= 0.6 is 0 Å². The van der Waals surface area contributed by atoms with Gasteiger partial charge in [0.25, 0.3) is 0 Å². The van der Waals surface area contributed by atoms with Crippen LogP contribution in [0, 0.1) is 17.0 Å². The lowest BCUT2D eigenvalue weighted by Crippen LogP contribution is -2.11. The Morgan fingerprint density at radius 1 is 1.18 bits per heavy atom. The van der Waals surface area contributed by atoms with Gasteiger partial charge in [-0.3, -0.25) is 14.9 Å². The lowest BCUT2D eigenvalue weighted by Gasteiger charge is -2.15. The van der Waals surface area contributed by atoms with Crippen LogP contribution in [0.2, 0.25) is 0 Å². The zero-order chi connectivity index (χ0) is 20.1. The van der Waals surface area contributed by atoms with Gasteiger partial charge in [-0.15, -0.1) is 0 Å². The van der Waals surface area contributed by atoms with Crippen molar-refractivity contribution in [1.29, 1.82) is 0 Å². The first-order valence-corrected chi connectivity index (χ1v) is 8.81. The highest BCUT2D eigenvalue weighted by Crippen LogP contribution is 2.31. The van der Waals surface area contributed by atoms with Crippen molar-refractivity contribution in [2.24, 2.45) is 0 Å². The average Bonchev–Trinajstić information content (AvgIpc) is 3.08.